The maximum Gasteiger partial charge on any atom is 0.328 e. The topological polar surface area (TPSA) is 55.1 Å². The normalized spacial score (nSPS) is 11.0. The molecule has 23 heavy (non-hydrogen) atoms. The van der Waals surface area contributed by atoms with Gasteiger partial charge in [-0.15, -0.1) is 0 Å². The van der Waals surface area contributed by atoms with Crippen LogP contribution in [0.5, 0.6) is 0 Å². The van der Waals surface area contributed by atoms with Crippen LogP contribution in [0.15, 0.2) is 73.2 Å². The van der Waals surface area contributed by atoms with Crippen molar-refractivity contribution in [2.24, 2.45) is 0 Å². The number of imidazole rings is 1. The lowest BCUT2D eigenvalue weighted by molar-refractivity contribution is -0.131. The number of rotatable bonds is 5. The van der Waals surface area contributed by atoms with Crippen LogP contribution in [-0.4, -0.2) is 20.6 Å². The van der Waals surface area contributed by atoms with Gasteiger partial charge in [-0.25, -0.2) is 9.78 Å². The van der Waals surface area contributed by atoms with E-state index in [0.717, 1.165) is 28.5 Å². The van der Waals surface area contributed by atoms with Crippen LogP contribution in [0.2, 0.25) is 0 Å². The van der Waals surface area contributed by atoms with Crippen LogP contribution in [0, 0.1) is 0 Å². The van der Waals surface area contributed by atoms with Gasteiger partial charge in [0, 0.05) is 24.4 Å². The third-order valence-corrected chi connectivity index (χ3v) is 3.44. The van der Waals surface area contributed by atoms with E-state index in [1.165, 1.54) is 0 Å². The lowest BCUT2D eigenvalue weighted by Crippen LogP contribution is -1.96. The summed E-state index contributed by atoms with van der Waals surface area (Å²) in [7, 11) is 0. The van der Waals surface area contributed by atoms with Crippen LogP contribution in [0.4, 0.5) is 0 Å². The van der Waals surface area contributed by atoms with Gasteiger partial charge in [0.25, 0.3) is 0 Å². The van der Waals surface area contributed by atoms with Gasteiger partial charge in [0.2, 0.25) is 0 Å². The van der Waals surface area contributed by atoms with Gasteiger partial charge in [-0.3, -0.25) is 0 Å². The van der Waals surface area contributed by atoms with Crippen molar-refractivity contribution in [3.63, 3.8) is 0 Å². The molecule has 4 heteroatoms. The molecule has 4 nitrogen and oxygen atoms in total. The average Bonchev–Trinajstić information content (AvgIpc) is 3.03. The highest BCUT2D eigenvalue weighted by atomic mass is 16.4. The molecule has 1 aromatic heterocycles. The average molecular weight is 304 g/mol. The molecule has 0 aliphatic heterocycles. The van der Waals surface area contributed by atoms with Gasteiger partial charge < -0.3 is 9.67 Å². The van der Waals surface area contributed by atoms with Crippen LogP contribution in [0.3, 0.4) is 0 Å². The molecule has 0 unspecified atom stereocenters. The number of nitrogens with zero attached hydrogens (tertiary/aromatic N) is 2. The van der Waals surface area contributed by atoms with Crippen molar-refractivity contribution in [2.75, 3.05) is 0 Å². The highest BCUT2D eigenvalue weighted by Crippen LogP contribution is 2.17. The van der Waals surface area contributed by atoms with E-state index in [1.54, 1.807) is 6.08 Å². The Labute approximate surface area is 134 Å². The molecule has 0 amide bonds. The Morgan fingerprint density at radius 2 is 1.96 bits per heavy atom. The van der Waals surface area contributed by atoms with Gasteiger partial charge in [0.05, 0.1) is 12.0 Å². The summed E-state index contributed by atoms with van der Waals surface area (Å²) in [5.41, 5.74) is 3.99. The highest BCUT2D eigenvalue weighted by molar-refractivity contribution is 5.85. The number of carbonyl (C=O) groups is 1. The molecule has 0 spiro atoms. The number of benzene rings is 2. The first-order chi connectivity index (χ1) is 11.2. The number of aliphatic carboxylic acids is 1. The molecule has 0 atom stereocenters. The summed E-state index contributed by atoms with van der Waals surface area (Å²) in [5, 5.41) is 8.69. The molecule has 2 aromatic carbocycles. The third-order valence-electron chi connectivity index (χ3n) is 3.44. The van der Waals surface area contributed by atoms with E-state index in [-0.39, 0.29) is 0 Å². The summed E-state index contributed by atoms with van der Waals surface area (Å²) in [6, 6.07) is 17.8. The Hall–Kier alpha value is -3.14. The first kappa shape index (κ1) is 14.8. The number of carboxylic acid groups (broad SMARTS) is 1. The quantitative estimate of drug-likeness (QED) is 0.731. The molecule has 0 saturated heterocycles. The summed E-state index contributed by atoms with van der Waals surface area (Å²) in [5.74, 6) is -0.947. The summed E-state index contributed by atoms with van der Waals surface area (Å²) >= 11 is 0. The molecule has 3 aromatic rings. The summed E-state index contributed by atoms with van der Waals surface area (Å²) in [6.07, 6.45) is 6.55. The lowest BCUT2D eigenvalue weighted by Gasteiger charge is -2.03. The second kappa shape index (κ2) is 6.75. The first-order valence-electron chi connectivity index (χ1n) is 7.28. The molecule has 0 aliphatic rings. The van der Waals surface area contributed by atoms with Gasteiger partial charge in [-0.05, 0) is 23.3 Å². The molecule has 0 bridgehead atoms. The van der Waals surface area contributed by atoms with Crippen LogP contribution in [0.1, 0.15) is 11.1 Å². The highest BCUT2D eigenvalue weighted by Gasteiger charge is 2.02. The largest absolute Gasteiger partial charge is 0.478 e. The SMILES string of the molecule is O=C(O)C=Cc1cccc(Cn2cnc(-c3ccccc3)c2)c1. The molecular formula is C19H16N2O2. The fourth-order valence-electron chi connectivity index (χ4n) is 2.38. The lowest BCUT2D eigenvalue weighted by atomic mass is 10.1. The van der Waals surface area contributed by atoms with E-state index >= 15 is 0 Å². The predicted molar refractivity (Wildman–Crippen MR) is 89.9 cm³/mol. The standard InChI is InChI=1S/C19H16N2O2/c22-19(23)10-9-15-5-4-6-16(11-15)12-21-13-18(20-14-21)17-7-2-1-3-8-17/h1-11,13-14H,12H2,(H,22,23). The van der Waals surface area contributed by atoms with Gasteiger partial charge in [-0.1, -0.05) is 48.5 Å². The van der Waals surface area contributed by atoms with Crippen molar-refractivity contribution in [3.8, 4) is 11.3 Å². The number of hydrogen-bond acceptors (Lipinski definition) is 2. The number of aromatic nitrogens is 2. The molecule has 0 fully saturated rings. The molecule has 0 aliphatic carbocycles. The minimum Gasteiger partial charge on any atom is -0.478 e. The van der Waals surface area contributed by atoms with Crippen molar-refractivity contribution in [2.45, 2.75) is 6.54 Å². The van der Waals surface area contributed by atoms with Crippen molar-refractivity contribution in [3.05, 3.63) is 84.3 Å². The first-order valence-corrected chi connectivity index (χ1v) is 7.28. The molecule has 0 radical (unpaired) electrons. The van der Waals surface area contributed by atoms with Gasteiger partial charge >= 0.3 is 5.97 Å². The van der Waals surface area contributed by atoms with Crippen LogP contribution in [-0.2, 0) is 11.3 Å². The Kier molecular flexibility index (Phi) is 4.34. The molecule has 1 heterocycles. The Bertz CT molecular complexity index is 835. The van der Waals surface area contributed by atoms with E-state index < -0.39 is 5.97 Å². The summed E-state index contributed by atoms with van der Waals surface area (Å²) in [4.78, 5) is 15.0. The van der Waals surface area contributed by atoms with Crippen LogP contribution in [0.25, 0.3) is 17.3 Å². The Morgan fingerprint density at radius 3 is 2.74 bits per heavy atom. The minimum absolute atomic E-state index is 0.689. The van der Waals surface area contributed by atoms with E-state index in [4.69, 9.17) is 5.11 Å². The zero-order valence-electron chi connectivity index (χ0n) is 12.5. The second-order valence-electron chi connectivity index (χ2n) is 5.21. The maximum atomic E-state index is 10.6. The van der Waals surface area contributed by atoms with Gasteiger partial charge in [0.15, 0.2) is 0 Å². The zero-order valence-corrected chi connectivity index (χ0v) is 12.5. The summed E-state index contributed by atoms with van der Waals surface area (Å²) in [6.45, 7) is 0.689. The maximum absolute atomic E-state index is 10.6. The molecule has 0 saturated carbocycles. The smallest absolute Gasteiger partial charge is 0.328 e. The summed E-state index contributed by atoms with van der Waals surface area (Å²) < 4.78 is 2.02. The molecular weight excluding hydrogens is 288 g/mol. The van der Waals surface area contributed by atoms with E-state index in [0.29, 0.717) is 6.54 Å². The molecule has 3 rings (SSSR count). The van der Waals surface area contributed by atoms with Gasteiger partial charge in [0.1, 0.15) is 0 Å². The van der Waals surface area contributed by atoms with E-state index in [2.05, 4.69) is 4.98 Å². The van der Waals surface area contributed by atoms with Crippen LogP contribution < -0.4 is 0 Å². The molecule has 1 N–H and O–H groups in total. The fourth-order valence-corrected chi connectivity index (χ4v) is 2.38. The van der Waals surface area contributed by atoms with E-state index in [1.807, 2.05) is 71.7 Å². The van der Waals surface area contributed by atoms with E-state index in [9.17, 15) is 4.79 Å². The third kappa shape index (κ3) is 3.95. The predicted octanol–water partition coefficient (Wildman–Crippen LogP) is 3.70. The second-order valence-corrected chi connectivity index (χ2v) is 5.21. The van der Waals surface area contributed by atoms with Crippen molar-refractivity contribution in [1.82, 2.24) is 9.55 Å². The van der Waals surface area contributed by atoms with Crippen molar-refractivity contribution >= 4 is 12.0 Å². The van der Waals surface area contributed by atoms with Crippen molar-refractivity contribution < 1.29 is 9.90 Å². The number of carboxylic acids is 1. The number of hydrogen-bond donors (Lipinski definition) is 1. The van der Waals surface area contributed by atoms with Crippen molar-refractivity contribution in [1.29, 1.82) is 0 Å². The Balaban J connectivity index is 1.76. The monoisotopic (exact) mass is 304 g/mol. The zero-order chi connectivity index (χ0) is 16.1. The molecule has 114 valence electrons. The van der Waals surface area contributed by atoms with Crippen LogP contribution >= 0.6 is 0 Å². The minimum atomic E-state index is -0.947. The fraction of sp³-hybridized carbons (Fsp3) is 0.0526. The van der Waals surface area contributed by atoms with Gasteiger partial charge in [-0.2, -0.15) is 0 Å². The Morgan fingerprint density at radius 1 is 1.13 bits per heavy atom.